The molecule has 0 amide bonds. The van der Waals surface area contributed by atoms with E-state index in [1.807, 2.05) is 35.0 Å². The van der Waals surface area contributed by atoms with E-state index in [-0.39, 0.29) is 11.7 Å². The summed E-state index contributed by atoms with van der Waals surface area (Å²) in [5, 5.41) is 7.52. The molecule has 1 aromatic heterocycles. The first-order valence-electron chi connectivity index (χ1n) is 6.70. The van der Waals surface area contributed by atoms with E-state index in [0.717, 1.165) is 24.2 Å². The van der Waals surface area contributed by atoms with E-state index in [9.17, 15) is 4.79 Å². The summed E-state index contributed by atoms with van der Waals surface area (Å²) in [7, 11) is 0. The Bertz CT molecular complexity index is 603. The van der Waals surface area contributed by atoms with Gasteiger partial charge in [0.15, 0.2) is 5.78 Å². The van der Waals surface area contributed by atoms with Crippen molar-refractivity contribution < 1.29 is 4.79 Å². The average Bonchev–Trinajstić information content (AvgIpc) is 3.04. The number of carbonyl (C=O) groups is 1. The van der Waals surface area contributed by atoms with Crippen molar-refractivity contribution in [1.29, 1.82) is 0 Å². The van der Waals surface area contributed by atoms with Crippen LogP contribution in [0.3, 0.4) is 0 Å². The standard InChI is InChI=1S/C15H17N3O/c1-2-9-18-14(7-8-17-18)15(19)12-10-16-13-6-4-3-5-11(12)13/h3-8,12,16H,2,9-10H2,1H3. The number of nitrogens with one attached hydrogen (secondary N) is 1. The number of carbonyl (C=O) groups excluding carboxylic acids is 1. The highest BCUT2D eigenvalue weighted by Crippen LogP contribution is 2.33. The number of benzene rings is 1. The molecule has 1 aliphatic heterocycles. The maximum Gasteiger partial charge on any atom is 0.190 e. The van der Waals surface area contributed by atoms with Crippen molar-refractivity contribution >= 4 is 11.5 Å². The summed E-state index contributed by atoms with van der Waals surface area (Å²) >= 11 is 0. The van der Waals surface area contributed by atoms with Crippen LogP contribution in [0.2, 0.25) is 0 Å². The molecule has 1 unspecified atom stereocenters. The third kappa shape index (κ3) is 2.03. The van der Waals surface area contributed by atoms with Gasteiger partial charge in [-0.2, -0.15) is 5.10 Å². The van der Waals surface area contributed by atoms with Crippen molar-refractivity contribution in [3.8, 4) is 0 Å². The van der Waals surface area contributed by atoms with Gasteiger partial charge in [0, 0.05) is 25.0 Å². The van der Waals surface area contributed by atoms with Crippen LogP contribution in [0.15, 0.2) is 36.5 Å². The number of fused-ring (bicyclic) bond motifs is 1. The average molecular weight is 255 g/mol. The summed E-state index contributed by atoms with van der Waals surface area (Å²) in [6, 6.07) is 9.83. The van der Waals surface area contributed by atoms with E-state index in [1.54, 1.807) is 6.20 Å². The largest absolute Gasteiger partial charge is 0.384 e. The molecule has 0 aliphatic carbocycles. The lowest BCUT2D eigenvalue weighted by Crippen LogP contribution is -2.19. The van der Waals surface area contributed by atoms with Crippen LogP contribution in [0.25, 0.3) is 0 Å². The lowest BCUT2D eigenvalue weighted by Gasteiger charge is -2.10. The second-order valence-corrected chi connectivity index (χ2v) is 4.82. The molecular formula is C15H17N3O. The van der Waals surface area contributed by atoms with Gasteiger partial charge in [0.25, 0.3) is 0 Å². The van der Waals surface area contributed by atoms with E-state index in [2.05, 4.69) is 17.3 Å². The normalized spacial score (nSPS) is 17.0. The molecule has 98 valence electrons. The van der Waals surface area contributed by atoms with Crippen molar-refractivity contribution in [3.05, 3.63) is 47.8 Å². The van der Waals surface area contributed by atoms with Crippen LogP contribution >= 0.6 is 0 Å². The molecule has 3 rings (SSSR count). The van der Waals surface area contributed by atoms with Gasteiger partial charge in [-0.15, -0.1) is 0 Å². The van der Waals surface area contributed by atoms with Crippen LogP contribution in [0, 0.1) is 0 Å². The van der Waals surface area contributed by atoms with Gasteiger partial charge in [-0.3, -0.25) is 9.48 Å². The molecule has 19 heavy (non-hydrogen) atoms. The number of Topliss-reactive ketones (excluding diaryl/α,β-unsaturated/α-hetero) is 1. The Balaban J connectivity index is 1.91. The van der Waals surface area contributed by atoms with Crippen LogP contribution in [-0.2, 0) is 6.54 Å². The molecule has 0 radical (unpaired) electrons. The van der Waals surface area contributed by atoms with Gasteiger partial charge in [0.2, 0.25) is 0 Å². The number of aromatic nitrogens is 2. The van der Waals surface area contributed by atoms with Crippen molar-refractivity contribution in [1.82, 2.24) is 9.78 Å². The number of rotatable bonds is 4. The number of hydrogen-bond donors (Lipinski definition) is 1. The fourth-order valence-corrected chi connectivity index (χ4v) is 2.63. The minimum atomic E-state index is -0.0940. The van der Waals surface area contributed by atoms with Crippen LogP contribution in [0.5, 0.6) is 0 Å². The number of hydrogen-bond acceptors (Lipinski definition) is 3. The van der Waals surface area contributed by atoms with Crippen LogP contribution in [-0.4, -0.2) is 22.1 Å². The fraction of sp³-hybridized carbons (Fsp3) is 0.333. The first-order chi connectivity index (χ1) is 9.31. The van der Waals surface area contributed by atoms with Gasteiger partial charge in [0.1, 0.15) is 5.69 Å². The fourth-order valence-electron chi connectivity index (χ4n) is 2.63. The van der Waals surface area contributed by atoms with E-state index < -0.39 is 0 Å². The molecule has 0 saturated carbocycles. The molecule has 4 heteroatoms. The van der Waals surface area contributed by atoms with Gasteiger partial charge in [0.05, 0.1) is 5.92 Å². The third-order valence-corrected chi connectivity index (χ3v) is 3.55. The highest BCUT2D eigenvalue weighted by atomic mass is 16.1. The summed E-state index contributed by atoms with van der Waals surface area (Å²) in [6.45, 7) is 3.55. The molecule has 0 bridgehead atoms. The Morgan fingerprint density at radius 1 is 1.42 bits per heavy atom. The van der Waals surface area contributed by atoms with Gasteiger partial charge in [-0.1, -0.05) is 25.1 Å². The monoisotopic (exact) mass is 255 g/mol. The van der Waals surface area contributed by atoms with E-state index >= 15 is 0 Å². The van der Waals surface area contributed by atoms with Gasteiger partial charge in [-0.25, -0.2) is 0 Å². The Kier molecular flexibility index (Phi) is 3.07. The van der Waals surface area contributed by atoms with E-state index in [0.29, 0.717) is 12.2 Å². The molecule has 1 N–H and O–H groups in total. The summed E-state index contributed by atoms with van der Waals surface area (Å²) in [5.74, 6) is 0.0620. The zero-order valence-corrected chi connectivity index (χ0v) is 11.0. The Morgan fingerprint density at radius 3 is 3.11 bits per heavy atom. The maximum atomic E-state index is 12.7. The Labute approximate surface area is 112 Å². The van der Waals surface area contributed by atoms with Crippen molar-refractivity contribution in [2.24, 2.45) is 0 Å². The topological polar surface area (TPSA) is 46.9 Å². The summed E-state index contributed by atoms with van der Waals surface area (Å²) in [6.07, 6.45) is 2.68. The highest BCUT2D eigenvalue weighted by molar-refractivity contribution is 6.01. The second kappa shape index (κ2) is 4.88. The second-order valence-electron chi connectivity index (χ2n) is 4.82. The predicted molar refractivity (Wildman–Crippen MR) is 74.5 cm³/mol. The van der Waals surface area contributed by atoms with Gasteiger partial charge >= 0.3 is 0 Å². The molecule has 1 atom stereocenters. The quantitative estimate of drug-likeness (QED) is 0.854. The predicted octanol–water partition coefficient (Wildman–Crippen LogP) is 2.69. The molecule has 1 aliphatic rings. The molecule has 1 aromatic carbocycles. The lowest BCUT2D eigenvalue weighted by atomic mass is 9.95. The van der Waals surface area contributed by atoms with E-state index in [4.69, 9.17) is 0 Å². The number of nitrogens with zero attached hydrogens (tertiary/aromatic N) is 2. The summed E-state index contributed by atoms with van der Waals surface area (Å²) < 4.78 is 1.81. The molecule has 2 heterocycles. The zero-order chi connectivity index (χ0) is 13.2. The van der Waals surface area contributed by atoms with Crippen molar-refractivity contribution in [3.63, 3.8) is 0 Å². The highest BCUT2D eigenvalue weighted by Gasteiger charge is 2.30. The minimum Gasteiger partial charge on any atom is -0.384 e. The number of para-hydroxylation sites is 1. The zero-order valence-electron chi connectivity index (χ0n) is 11.0. The molecule has 4 nitrogen and oxygen atoms in total. The Hall–Kier alpha value is -2.10. The van der Waals surface area contributed by atoms with Crippen LogP contribution < -0.4 is 5.32 Å². The van der Waals surface area contributed by atoms with Crippen molar-refractivity contribution in [2.75, 3.05) is 11.9 Å². The Morgan fingerprint density at radius 2 is 2.26 bits per heavy atom. The molecule has 0 fully saturated rings. The summed E-state index contributed by atoms with van der Waals surface area (Å²) in [4.78, 5) is 12.7. The third-order valence-electron chi connectivity index (χ3n) is 3.55. The first-order valence-corrected chi connectivity index (χ1v) is 6.70. The van der Waals surface area contributed by atoms with Crippen LogP contribution in [0.1, 0.15) is 35.3 Å². The summed E-state index contributed by atoms with van der Waals surface area (Å²) in [5.41, 5.74) is 2.88. The van der Waals surface area contributed by atoms with E-state index in [1.165, 1.54) is 0 Å². The molecule has 0 saturated heterocycles. The first kappa shape index (κ1) is 12.0. The smallest absolute Gasteiger partial charge is 0.190 e. The van der Waals surface area contributed by atoms with Gasteiger partial charge < -0.3 is 5.32 Å². The molecule has 0 spiro atoms. The number of ketones is 1. The van der Waals surface area contributed by atoms with Crippen molar-refractivity contribution in [2.45, 2.75) is 25.8 Å². The number of anilines is 1. The van der Waals surface area contributed by atoms with Gasteiger partial charge in [-0.05, 0) is 24.1 Å². The SMILES string of the molecule is CCCn1nccc1C(=O)C1CNc2ccccc21. The maximum absolute atomic E-state index is 12.7. The lowest BCUT2D eigenvalue weighted by molar-refractivity contribution is 0.0955. The molecule has 2 aromatic rings. The molecular weight excluding hydrogens is 238 g/mol. The van der Waals surface area contributed by atoms with Crippen LogP contribution in [0.4, 0.5) is 5.69 Å². The minimum absolute atomic E-state index is 0.0940. The number of aryl methyl sites for hydroxylation is 1.